The molecular formula is C11H4Br5N. The third-order valence-corrected chi connectivity index (χ3v) is 8.25. The van der Waals surface area contributed by atoms with Gasteiger partial charge >= 0.3 is 0 Å². The minimum atomic E-state index is 0.962. The molecule has 1 aromatic carbocycles. The van der Waals surface area contributed by atoms with Crippen LogP contribution in [-0.2, 0) is 0 Å². The molecule has 2 rings (SSSR count). The van der Waals surface area contributed by atoms with E-state index >= 15 is 0 Å². The molecule has 0 saturated heterocycles. The maximum atomic E-state index is 4.14. The number of rotatable bonds is 1. The lowest BCUT2D eigenvalue weighted by molar-refractivity contribution is 1.32. The van der Waals surface area contributed by atoms with Crippen molar-refractivity contribution in [1.82, 2.24) is 4.98 Å². The number of pyridine rings is 1. The Labute approximate surface area is 141 Å². The molecule has 0 aliphatic carbocycles. The van der Waals surface area contributed by atoms with Gasteiger partial charge in [-0.1, -0.05) is 6.07 Å². The SMILES string of the molecule is Brc1c(Br)c(Br)c(-c2cccnc2)c(Br)c1Br. The highest BCUT2D eigenvalue weighted by Gasteiger charge is 2.18. The molecule has 0 amide bonds. The number of aromatic nitrogens is 1. The van der Waals surface area contributed by atoms with Gasteiger partial charge in [0, 0.05) is 45.9 Å². The molecule has 0 aliphatic heterocycles. The maximum Gasteiger partial charge on any atom is 0.0482 e. The van der Waals surface area contributed by atoms with E-state index in [0.29, 0.717) is 0 Å². The standard InChI is InChI=1S/C11H4Br5N/c12-7-6(5-2-1-3-17-4-5)8(13)10(15)11(16)9(7)14/h1-4H. The Morgan fingerprint density at radius 3 is 1.76 bits per heavy atom. The number of halogens is 5. The van der Waals surface area contributed by atoms with E-state index in [2.05, 4.69) is 84.6 Å². The first-order chi connectivity index (χ1) is 8.04. The summed E-state index contributed by atoms with van der Waals surface area (Å²) in [5, 5.41) is 0. The van der Waals surface area contributed by atoms with E-state index in [4.69, 9.17) is 0 Å². The van der Waals surface area contributed by atoms with Crippen molar-refractivity contribution in [1.29, 1.82) is 0 Å². The highest BCUT2D eigenvalue weighted by atomic mass is 79.9. The molecule has 2 aromatic rings. The Bertz CT molecular complexity index is 539. The predicted octanol–water partition coefficient (Wildman–Crippen LogP) is 6.56. The zero-order valence-corrected chi connectivity index (χ0v) is 16.1. The molecule has 0 aliphatic rings. The summed E-state index contributed by atoms with van der Waals surface area (Å²) in [7, 11) is 0. The third-order valence-electron chi connectivity index (χ3n) is 2.16. The summed E-state index contributed by atoms with van der Waals surface area (Å²) in [5.74, 6) is 0. The molecule has 0 bridgehead atoms. The first-order valence-corrected chi connectivity index (χ1v) is 8.42. The molecule has 0 fully saturated rings. The van der Waals surface area contributed by atoms with Crippen LogP contribution in [0.25, 0.3) is 11.1 Å². The van der Waals surface area contributed by atoms with Gasteiger partial charge in [0.1, 0.15) is 0 Å². The van der Waals surface area contributed by atoms with Gasteiger partial charge in [-0.3, -0.25) is 4.98 Å². The van der Waals surface area contributed by atoms with Crippen molar-refractivity contribution in [2.24, 2.45) is 0 Å². The van der Waals surface area contributed by atoms with Crippen molar-refractivity contribution in [3.63, 3.8) is 0 Å². The molecule has 88 valence electrons. The van der Waals surface area contributed by atoms with Crippen LogP contribution in [0.2, 0.25) is 0 Å². The van der Waals surface area contributed by atoms with Crippen LogP contribution in [0, 0.1) is 0 Å². The Hall–Kier alpha value is 0.770. The van der Waals surface area contributed by atoms with E-state index in [9.17, 15) is 0 Å². The van der Waals surface area contributed by atoms with Crippen molar-refractivity contribution in [2.75, 3.05) is 0 Å². The number of benzene rings is 1. The lowest BCUT2D eigenvalue weighted by Crippen LogP contribution is -1.88. The van der Waals surface area contributed by atoms with Crippen LogP contribution in [0.4, 0.5) is 0 Å². The molecule has 6 heteroatoms. The first-order valence-electron chi connectivity index (χ1n) is 4.46. The van der Waals surface area contributed by atoms with E-state index in [1.807, 2.05) is 18.3 Å². The highest BCUT2D eigenvalue weighted by molar-refractivity contribution is 9.15. The van der Waals surface area contributed by atoms with Gasteiger partial charge in [-0.2, -0.15) is 0 Å². The zero-order chi connectivity index (χ0) is 12.6. The minimum Gasteiger partial charge on any atom is -0.264 e. The summed E-state index contributed by atoms with van der Waals surface area (Å²) in [6.07, 6.45) is 3.59. The average molecular weight is 550 g/mol. The zero-order valence-electron chi connectivity index (χ0n) is 8.15. The Morgan fingerprint density at radius 1 is 0.765 bits per heavy atom. The summed E-state index contributed by atoms with van der Waals surface area (Å²) in [6, 6.07) is 3.93. The minimum absolute atomic E-state index is 0.962. The molecule has 1 aromatic heterocycles. The third kappa shape index (κ3) is 2.71. The monoisotopic (exact) mass is 545 g/mol. The van der Waals surface area contributed by atoms with Crippen LogP contribution in [0.1, 0.15) is 0 Å². The molecule has 0 saturated carbocycles. The van der Waals surface area contributed by atoms with Crippen LogP contribution in [0.3, 0.4) is 0 Å². The van der Waals surface area contributed by atoms with Gasteiger partial charge in [0.2, 0.25) is 0 Å². The van der Waals surface area contributed by atoms with Crippen LogP contribution >= 0.6 is 79.6 Å². The second-order valence-electron chi connectivity index (χ2n) is 3.19. The Morgan fingerprint density at radius 2 is 1.29 bits per heavy atom. The number of hydrogen-bond acceptors (Lipinski definition) is 1. The predicted molar refractivity (Wildman–Crippen MR) is 88.2 cm³/mol. The average Bonchev–Trinajstić information content (AvgIpc) is 2.36. The van der Waals surface area contributed by atoms with Crippen LogP contribution < -0.4 is 0 Å². The van der Waals surface area contributed by atoms with Crippen molar-refractivity contribution >= 4 is 79.6 Å². The van der Waals surface area contributed by atoms with Crippen LogP contribution in [-0.4, -0.2) is 4.98 Å². The van der Waals surface area contributed by atoms with Crippen molar-refractivity contribution in [3.8, 4) is 11.1 Å². The van der Waals surface area contributed by atoms with Gasteiger partial charge in [-0.15, -0.1) is 0 Å². The number of nitrogens with zero attached hydrogens (tertiary/aromatic N) is 1. The van der Waals surface area contributed by atoms with E-state index in [1.165, 1.54) is 0 Å². The molecule has 0 N–H and O–H groups in total. The van der Waals surface area contributed by atoms with Crippen molar-refractivity contribution in [2.45, 2.75) is 0 Å². The molecule has 0 spiro atoms. The fraction of sp³-hybridized carbons (Fsp3) is 0. The highest BCUT2D eigenvalue weighted by Crippen LogP contribution is 2.48. The van der Waals surface area contributed by atoms with Gasteiger partial charge in [0.25, 0.3) is 0 Å². The van der Waals surface area contributed by atoms with Gasteiger partial charge in [-0.05, 0) is 85.7 Å². The Kier molecular flexibility index (Phi) is 4.86. The normalized spacial score (nSPS) is 10.6. The van der Waals surface area contributed by atoms with Gasteiger partial charge in [-0.25, -0.2) is 0 Å². The molecule has 0 radical (unpaired) electrons. The summed E-state index contributed by atoms with van der Waals surface area (Å²) in [6.45, 7) is 0. The molecule has 0 unspecified atom stereocenters. The van der Waals surface area contributed by atoms with Gasteiger partial charge < -0.3 is 0 Å². The number of hydrogen-bond donors (Lipinski definition) is 0. The lowest BCUT2D eigenvalue weighted by Gasteiger charge is -2.13. The second-order valence-corrected chi connectivity index (χ2v) is 7.15. The summed E-state index contributed by atoms with van der Waals surface area (Å²) in [5.41, 5.74) is 2.10. The largest absolute Gasteiger partial charge is 0.264 e. The topological polar surface area (TPSA) is 12.9 Å². The van der Waals surface area contributed by atoms with Gasteiger partial charge in [0.15, 0.2) is 0 Å². The van der Waals surface area contributed by atoms with Gasteiger partial charge in [0.05, 0.1) is 0 Å². The lowest BCUT2D eigenvalue weighted by atomic mass is 10.1. The van der Waals surface area contributed by atoms with E-state index in [0.717, 1.165) is 33.5 Å². The molecule has 17 heavy (non-hydrogen) atoms. The quantitative estimate of drug-likeness (QED) is 0.290. The smallest absolute Gasteiger partial charge is 0.0482 e. The summed E-state index contributed by atoms with van der Waals surface area (Å²) in [4.78, 5) is 4.14. The first kappa shape index (κ1) is 14.2. The van der Waals surface area contributed by atoms with E-state index in [-0.39, 0.29) is 0 Å². The maximum absolute atomic E-state index is 4.14. The summed E-state index contributed by atoms with van der Waals surface area (Å²) < 4.78 is 4.85. The second kappa shape index (κ2) is 5.82. The Balaban J connectivity index is 2.80. The fourth-order valence-electron chi connectivity index (χ4n) is 1.37. The molecule has 1 heterocycles. The molecular weight excluding hydrogens is 546 g/mol. The molecule has 1 nitrogen and oxygen atoms in total. The van der Waals surface area contributed by atoms with Crippen LogP contribution in [0.5, 0.6) is 0 Å². The van der Waals surface area contributed by atoms with Crippen molar-refractivity contribution < 1.29 is 0 Å². The molecule has 0 atom stereocenters. The summed E-state index contributed by atoms with van der Waals surface area (Å²) >= 11 is 17.8. The van der Waals surface area contributed by atoms with Crippen molar-refractivity contribution in [3.05, 3.63) is 46.9 Å². The van der Waals surface area contributed by atoms with E-state index < -0.39 is 0 Å². The fourth-order valence-corrected chi connectivity index (χ4v) is 4.87. The van der Waals surface area contributed by atoms with E-state index in [1.54, 1.807) is 6.20 Å². The van der Waals surface area contributed by atoms with Crippen LogP contribution in [0.15, 0.2) is 46.9 Å².